The fourth-order valence-electron chi connectivity index (χ4n) is 5.08. The van der Waals surface area contributed by atoms with E-state index in [4.69, 9.17) is 0 Å². The van der Waals surface area contributed by atoms with Crippen molar-refractivity contribution >= 4 is 17.7 Å². The molecule has 0 N–H and O–H groups in total. The highest BCUT2D eigenvalue weighted by Crippen LogP contribution is 2.30. The molecule has 6 rings (SSSR count). The summed E-state index contributed by atoms with van der Waals surface area (Å²) in [6.07, 6.45) is 3.43. The van der Waals surface area contributed by atoms with Gasteiger partial charge in [0.1, 0.15) is 0 Å². The summed E-state index contributed by atoms with van der Waals surface area (Å²) in [6.45, 7) is 2.74. The molecule has 5 aromatic rings. The van der Waals surface area contributed by atoms with E-state index in [1.165, 1.54) is 22.9 Å². The Morgan fingerprint density at radius 1 is 0.750 bits per heavy atom. The number of piperazine rings is 1. The highest BCUT2D eigenvalue weighted by Gasteiger charge is 2.31. The minimum atomic E-state index is -0.0950. The number of hydrogen-bond donors (Lipinski definition) is 0. The molecule has 1 aliphatic heterocycles. The maximum atomic E-state index is 13.8. The smallest absolute Gasteiger partial charge is 0.276 e. The number of amides is 1. The van der Waals surface area contributed by atoms with Crippen LogP contribution in [0.2, 0.25) is 0 Å². The summed E-state index contributed by atoms with van der Waals surface area (Å²) in [5.74, 6) is 0.374. The summed E-state index contributed by atoms with van der Waals surface area (Å²) in [6, 6.07) is 32.8. The van der Waals surface area contributed by atoms with E-state index < -0.39 is 0 Å². The molecule has 3 heterocycles. The highest BCUT2D eigenvalue weighted by atomic mass is 32.2. The van der Waals surface area contributed by atoms with Crippen LogP contribution in [0.3, 0.4) is 0 Å². The van der Waals surface area contributed by atoms with Gasteiger partial charge >= 0.3 is 0 Å². The minimum Gasteiger partial charge on any atom is -0.335 e. The van der Waals surface area contributed by atoms with Gasteiger partial charge in [0.2, 0.25) is 0 Å². The lowest BCUT2D eigenvalue weighted by Crippen LogP contribution is -2.50. The molecule has 0 bridgehead atoms. The normalized spacial score (nSPS) is 14.0. The molecule has 0 aliphatic carbocycles. The first-order valence-corrected chi connectivity index (χ1v) is 14.3. The van der Waals surface area contributed by atoms with Gasteiger partial charge in [0.05, 0.1) is 17.4 Å². The Labute approximate surface area is 237 Å². The largest absolute Gasteiger partial charge is 0.335 e. The lowest BCUT2D eigenvalue weighted by atomic mass is 9.96. The highest BCUT2D eigenvalue weighted by molar-refractivity contribution is 7.98. The third-order valence-corrected chi connectivity index (χ3v) is 7.93. The Morgan fingerprint density at radius 2 is 1.32 bits per heavy atom. The van der Waals surface area contributed by atoms with Crippen LogP contribution in [0.4, 0.5) is 0 Å². The van der Waals surface area contributed by atoms with Gasteiger partial charge in [0, 0.05) is 44.3 Å². The number of carbonyl (C=O) groups is 1. The monoisotopic (exact) mass is 547 g/mol. The topological polar surface area (TPSA) is 80.0 Å². The first-order chi connectivity index (χ1) is 19.8. The van der Waals surface area contributed by atoms with Crippen LogP contribution in [0, 0.1) is 0 Å². The zero-order valence-electron chi connectivity index (χ0n) is 22.0. The third-order valence-electron chi connectivity index (χ3n) is 7.04. The van der Waals surface area contributed by atoms with Gasteiger partial charge in [-0.05, 0) is 29.3 Å². The molecular formula is C31H29N7OS. The van der Waals surface area contributed by atoms with Crippen LogP contribution in [0.5, 0.6) is 0 Å². The lowest BCUT2D eigenvalue weighted by Gasteiger charge is -2.39. The molecular weight excluding hydrogens is 518 g/mol. The Bertz CT molecular complexity index is 1480. The van der Waals surface area contributed by atoms with Crippen molar-refractivity contribution < 1.29 is 4.79 Å². The van der Waals surface area contributed by atoms with Gasteiger partial charge in [0.15, 0.2) is 10.9 Å². The molecule has 0 unspecified atom stereocenters. The molecule has 3 aromatic carbocycles. The van der Waals surface area contributed by atoms with E-state index >= 15 is 0 Å². The number of hydrogen-bond acceptors (Lipinski definition) is 7. The van der Waals surface area contributed by atoms with Crippen molar-refractivity contribution in [3.05, 3.63) is 132 Å². The van der Waals surface area contributed by atoms with Crippen LogP contribution < -0.4 is 0 Å². The molecule has 8 nitrogen and oxygen atoms in total. The molecule has 2 aromatic heterocycles. The Kier molecular flexibility index (Phi) is 7.92. The molecule has 200 valence electrons. The second-order valence-electron chi connectivity index (χ2n) is 9.50. The van der Waals surface area contributed by atoms with Crippen molar-refractivity contribution in [3.63, 3.8) is 0 Å². The van der Waals surface area contributed by atoms with E-state index in [0.29, 0.717) is 29.7 Å². The second kappa shape index (κ2) is 12.2. The predicted molar refractivity (Wildman–Crippen MR) is 155 cm³/mol. The fourth-order valence-corrected chi connectivity index (χ4v) is 5.88. The number of benzene rings is 3. The average molecular weight is 548 g/mol. The van der Waals surface area contributed by atoms with Crippen molar-refractivity contribution in [1.82, 2.24) is 34.8 Å². The number of carbonyl (C=O) groups excluding carboxylic acids is 1. The standard InChI is InChI=1S/C31H29N7OS/c39-30(28-27(23-40-31-32-17-10-18-33-31)38(35-34-28)26-15-8-3-9-16-26)37-21-19-36(20-22-37)29(24-11-4-1-5-12-24)25-13-6-2-7-14-25/h1-18,29H,19-23H2. The van der Waals surface area contributed by atoms with E-state index in [-0.39, 0.29) is 11.9 Å². The van der Waals surface area contributed by atoms with E-state index in [2.05, 4.69) is 73.7 Å². The van der Waals surface area contributed by atoms with Crippen molar-refractivity contribution in [1.29, 1.82) is 0 Å². The molecule has 0 saturated carbocycles. The summed E-state index contributed by atoms with van der Waals surface area (Å²) in [4.78, 5) is 26.8. The van der Waals surface area contributed by atoms with Crippen LogP contribution in [-0.4, -0.2) is 66.8 Å². The van der Waals surface area contributed by atoms with Crippen molar-refractivity contribution in [3.8, 4) is 5.69 Å². The zero-order chi connectivity index (χ0) is 27.1. The maximum Gasteiger partial charge on any atom is 0.276 e. The van der Waals surface area contributed by atoms with Crippen molar-refractivity contribution in [2.75, 3.05) is 26.2 Å². The van der Waals surface area contributed by atoms with Crippen molar-refractivity contribution in [2.45, 2.75) is 17.0 Å². The van der Waals surface area contributed by atoms with Crippen LogP contribution in [-0.2, 0) is 5.75 Å². The number of thioether (sulfide) groups is 1. The lowest BCUT2D eigenvalue weighted by molar-refractivity contribution is 0.0591. The zero-order valence-corrected chi connectivity index (χ0v) is 22.8. The van der Waals surface area contributed by atoms with Gasteiger partial charge in [-0.15, -0.1) is 5.10 Å². The molecule has 0 atom stereocenters. The summed E-state index contributed by atoms with van der Waals surface area (Å²) in [5.41, 5.74) is 4.48. The van der Waals surface area contributed by atoms with E-state index in [1.807, 2.05) is 47.4 Å². The van der Waals surface area contributed by atoms with Crippen molar-refractivity contribution in [2.24, 2.45) is 0 Å². The molecule has 0 radical (unpaired) electrons. The van der Waals surface area contributed by atoms with E-state index in [9.17, 15) is 4.79 Å². The van der Waals surface area contributed by atoms with Gasteiger partial charge in [0.25, 0.3) is 5.91 Å². The number of nitrogens with zero attached hydrogens (tertiary/aromatic N) is 7. The molecule has 1 amide bonds. The number of para-hydroxylation sites is 1. The van der Waals surface area contributed by atoms with Crippen LogP contribution in [0.15, 0.2) is 115 Å². The van der Waals surface area contributed by atoms with Gasteiger partial charge in [-0.2, -0.15) is 0 Å². The van der Waals surface area contributed by atoms with Gasteiger partial charge in [-0.3, -0.25) is 9.69 Å². The maximum absolute atomic E-state index is 13.8. The SMILES string of the molecule is O=C(c1nnn(-c2ccccc2)c1CSc1ncccn1)N1CCN(C(c2ccccc2)c2ccccc2)CC1. The van der Waals surface area contributed by atoms with Crippen LogP contribution in [0.1, 0.15) is 33.4 Å². The number of aromatic nitrogens is 5. The number of rotatable bonds is 8. The molecule has 1 fully saturated rings. The molecule has 1 saturated heterocycles. The Balaban J connectivity index is 1.22. The van der Waals surface area contributed by atoms with Crippen LogP contribution >= 0.6 is 11.8 Å². The third kappa shape index (κ3) is 5.66. The molecule has 40 heavy (non-hydrogen) atoms. The summed E-state index contributed by atoms with van der Waals surface area (Å²) in [7, 11) is 0. The fraction of sp³-hybridized carbons (Fsp3) is 0.194. The quantitative estimate of drug-likeness (QED) is 0.202. The molecule has 9 heteroatoms. The van der Waals surface area contributed by atoms with E-state index in [0.717, 1.165) is 24.5 Å². The van der Waals surface area contributed by atoms with Gasteiger partial charge in [-0.1, -0.05) is 95.8 Å². The van der Waals surface area contributed by atoms with Gasteiger partial charge < -0.3 is 4.90 Å². The minimum absolute atomic E-state index is 0.0950. The summed E-state index contributed by atoms with van der Waals surface area (Å²) < 4.78 is 1.75. The predicted octanol–water partition coefficient (Wildman–Crippen LogP) is 4.90. The summed E-state index contributed by atoms with van der Waals surface area (Å²) >= 11 is 1.46. The summed E-state index contributed by atoms with van der Waals surface area (Å²) in [5, 5.41) is 9.42. The van der Waals surface area contributed by atoms with Gasteiger partial charge in [-0.25, -0.2) is 14.6 Å². The molecule has 1 aliphatic rings. The van der Waals surface area contributed by atoms with Crippen LogP contribution in [0.25, 0.3) is 5.69 Å². The molecule has 0 spiro atoms. The Morgan fingerprint density at radius 3 is 1.93 bits per heavy atom. The first kappa shape index (κ1) is 25.9. The Hall–Kier alpha value is -4.34. The average Bonchev–Trinajstić information content (AvgIpc) is 3.46. The first-order valence-electron chi connectivity index (χ1n) is 13.3. The second-order valence-corrected chi connectivity index (χ2v) is 10.4. The van der Waals surface area contributed by atoms with E-state index in [1.54, 1.807) is 23.1 Å².